The standard InChI is InChI=1S/C21H23NO6S/c1-14-7-9-16(10-8-14)29(25,26)28-19-12-22(20-18(24)13-27-21(19)20)11-17(23)15-5-3-2-4-6-15/h2-10,18-21,24H,11-13H2,1H3/t18-,19+,20+,21+/m0/s1. The molecule has 0 aliphatic carbocycles. The van der Waals surface area contributed by atoms with Crippen LogP contribution in [0.2, 0.25) is 0 Å². The highest BCUT2D eigenvalue weighted by Gasteiger charge is 2.52. The van der Waals surface area contributed by atoms with E-state index in [0.29, 0.717) is 5.56 Å². The highest BCUT2D eigenvalue weighted by Crippen LogP contribution is 2.33. The van der Waals surface area contributed by atoms with Crippen molar-refractivity contribution in [1.82, 2.24) is 4.90 Å². The zero-order chi connectivity index (χ0) is 20.6. The molecule has 1 N–H and O–H groups in total. The van der Waals surface area contributed by atoms with E-state index in [1.165, 1.54) is 12.1 Å². The van der Waals surface area contributed by atoms with Gasteiger partial charge in [-0.3, -0.25) is 13.9 Å². The summed E-state index contributed by atoms with van der Waals surface area (Å²) < 4.78 is 36.5. The van der Waals surface area contributed by atoms with Crippen molar-refractivity contribution in [2.24, 2.45) is 0 Å². The molecule has 0 saturated carbocycles. The first-order chi connectivity index (χ1) is 13.8. The van der Waals surface area contributed by atoms with Crippen molar-refractivity contribution in [3.05, 3.63) is 65.7 Å². The lowest BCUT2D eigenvalue weighted by Crippen LogP contribution is -2.43. The minimum absolute atomic E-state index is 0.0516. The van der Waals surface area contributed by atoms with Crippen molar-refractivity contribution in [3.8, 4) is 0 Å². The smallest absolute Gasteiger partial charge is 0.297 e. The molecule has 4 atom stereocenters. The zero-order valence-electron chi connectivity index (χ0n) is 16.0. The number of fused-ring (bicyclic) bond motifs is 1. The predicted molar refractivity (Wildman–Crippen MR) is 105 cm³/mol. The number of benzene rings is 2. The molecule has 154 valence electrons. The predicted octanol–water partition coefficient (Wildman–Crippen LogP) is 1.40. The molecule has 29 heavy (non-hydrogen) atoms. The molecule has 0 spiro atoms. The van der Waals surface area contributed by atoms with Gasteiger partial charge in [-0.05, 0) is 19.1 Å². The number of ketones is 1. The maximum Gasteiger partial charge on any atom is 0.297 e. The molecular weight excluding hydrogens is 394 g/mol. The lowest BCUT2D eigenvalue weighted by molar-refractivity contribution is 0.0267. The van der Waals surface area contributed by atoms with Crippen LogP contribution < -0.4 is 0 Å². The first kappa shape index (κ1) is 20.2. The quantitative estimate of drug-likeness (QED) is 0.561. The molecule has 2 aliphatic rings. The Morgan fingerprint density at radius 2 is 1.86 bits per heavy atom. The Labute approximate surface area is 170 Å². The number of likely N-dealkylation sites (tertiary alicyclic amines) is 1. The number of rotatable bonds is 6. The fraction of sp³-hybridized carbons (Fsp3) is 0.381. The van der Waals surface area contributed by atoms with Crippen molar-refractivity contribution in [2.75, 3.05) is 19.7 Å². The maximum absolute atomic E-state index is 12.7. The van der Waals surface area contributed by atoms with Gasteiger partial charge in [0.15, 0.2) is 5.78 Å². The van der Waals surface area contributed by atoms with E-state index in [4.69, 9.17) is 8.92 Å². The fourth-order valence-corrected chi connectivity index (χ4v) is 5.02. The lowest BCUT2D eigenvalue weighted by atomic mass is 10.1. The Kier molecular flexibility index (Phi) is 5.54. The van der Waals surface area contributed by atoms with Crippen molar-refractivity contribution < 1.29 is 27.2 Å². The van der Waals surface area contributed by atoms with Crippen LogP contribution in [0, 0.1) is 6.92 Å². The second kappa shape index (κ2) is 7.97. The molecule has 0 amide bonds. The summed E-state index contributed by atoms with van der Waals surface area (Å²) in [4.78, 5) is 14.4. The van der Waals surface area contributed by atoms with Crippen molar-refractivity contribution >= 4 is 15.9 Å². The van der Waals surface area contributed by atoms with Gasteiger partial charge in [0, 0.05) is 12.1 Å². The van der Waals surface area contributed by atoms with Crippen LogP contribution in [0.25, 0.3) is 0 Å². The summed E-state index contributed by atoms with van der Waals surface area (Å²) in [5, 5.41) is 10.3. The number of carbonyl (C=O) groups excluding carboxylic acids is 1. The van der Waals surface area contributed by atoms with Crippen LogP contribution in [0.15, 0.2) is 59.5 Å². The third-order valence-electron chi connectivity index (χ3n) is 5.40. The van der Waals surface area contributed by atoms with E-state index >= 15 is 0 Å². The van der Waals surface area contributed by atoms with E-state index in [2.05, 4.69) is 0 Å². The van der Waals surface area contributed by atoms with Crippen LogP contribution >= 0.6 is 0 Å². The van der Waals surface area contributed by atoms with E-state index in [1.807, 2.05) is 13.0 Å². The van der Waals surface area contributed by atoms with Crippen LogP contribution in [0.1, 0.15) is 15.9 Å². The molecular formula is C21H23NO6S. The number of hydrogen-bond acceptors (Lipinski definition) is 7. The van der Waals surface area contributed by atoms with Gasteiger partial charge < -0.3 is 9.84 Å². The van der Waals surface area contributed by atoms with Gasteiger partial charge in [-0.2, -0.15) is 8.42 Å². The van der Waals surface area contributed by atoms with Gasteiger partial charge in [0.1, 0.15) is 12.2 Å². The number of Topliss-reactive ketones (excluding diaryl/α,β-unsaturated/α-hetero) is 1. The topological polar surface area (TPSA) is 93.1 Å². The molecule has 2 saturated heterocycles. The van der Waals surface area contributed by atoms with Crippen molar-refractivity contribution in [3.63, 3.8) is 0 Å². The molecule has 2 aliphatic heterocycles. The average Bonchev–Trinajstić information content (AvgIpc) is 3.24. The Morgan fingerprint density at radius 1 is 1.17 bits per heavy atom. The number of aliphatic hydroxyl groups is 1. The molecule has 8 heteroatoms. The SMILES string of the molecule is Cc1ccc(S(=O)(=O)O[C@@H]2CN(CC(=O)c3ccccc3)[C@H]3[C@@H]2OC[C@@H]3O)cc1. The van der Waals surface area contributed by atoms with Gasteiger partial charge in [-0.25, -0.2) is 0 Å². The summed E-state index contributed by atoms with van der Waals surface area (Å²) in [6.07, 6.45) is -2.22. The first-order valence-corrected chi connectivity index (χ1v) is 10.9. The van der Waals surface area contributed by atoms with Gasteiger partial charge in [-0.1, -0.05) is 48.0 Å². The van der Waals surface area contributed by atoms with Gasteiger partial charge in [0.25, 0.3) is 10.1 Å². The summed E-state index contributed by atoms with van der Waals surface area (Å²) in [6, 6.07) is 14.8. The molecule has 2 fully saturated rings. The highest BCUT2D eigenvalue weighted by atomic mass is 32.2. The second-order valence-corrected chi connectivity index (χ2v) is 9.05. The largest absolute Gasteiger partial charge is 0.389 e. The summed E-state index contributed by atoms with van der Waals surface area (Å²) in [7, 11) is -3.99. The number of carbonyl (C=O) groups is 1. The minimum atomic E-state index is -3.99. The monoisotopic (exact) mass is 417 g/mol. The maximum atomic E-state index is 12.7. The Balaban J connectivity index is 1.52. The second-order valence-electron chi connectivity index (χ2n) is 7.48. The molecule has 0 aromatic heterocycles. The number of ether oxygens (including phenoxy) is 1. The lowest BCUT2D eigenvalue weighted by Gasteiger charge is -2.23. The van der Waals surface area contributed by atoms with Crippen LogP contribution in [0.5, 0.6) is 0 Å². The van der Waals surface area contributed by atoms with E-state index in [-0.39, 0.29) is 30.4 Å². The van der Waals surface area contributed by atoms with Crippen molar-refractivity contribution in [1.29, 1.82) is 0 Å². The van der Waals surface area contributed by atoms with E-state index in [1.54, 1.807) is 41.3 Å². The number of hydrogen-bond donors (Lipinski definition) is 1. The Bertz CT molecular complexity index is 976. The van der Waals surface area contributed by atoms with Gasteiger partial charge in [0.05, 0.1) is 30.2 Å². The molecule has 0 unspecified atom stereocenters. The van der Waals surface area contributed by atoms with Crippen LogP contribution in [-0.2, 0) is 19.0 Å². The van der Waals surface area contributed by atoms with Crippen LogP contribution in [-0.4, -0.2) is 68.3 Å². The average molecular weight is 417 g/mol. The number of nitrogens with zero attached hydrogens (tertiary/aromatic N) is 1. The number of aliphatic hydroxyl groups excluding tert-OH is 1. The highest BCUT2D eigenvalue weighted by molar-refractivity contribution is 7.86. The normalized spacial score (nSPS) is 27.1. The van der Waals surface area contributed by atoms with Crippen molar-refractivity contribution in [2.45, 2.75) is 36.2 Å². The fourth-order valence-electron chi connectivity index (χ4n) is 3.94. The van der Waals surface area contributed by atoms with Gasteiger partial charge >= 0.3 is 0 Å². The third kappa shape index (κ3) is 4.12. The zero-order valence-corrected chi connectivity index (χ0v) is 16.8. The van der Waals surface area contributed by atoms with Crippen LogP contribution in [0.4, 0.5) is 0 Å². The van der Waals surface area contributed by atoms with Crippen LogP contribution in [0.3, 0.4) is 0 Å². The minimum Gasteiger partial charge on any atom is -0.389 e. The van der Waals surface area contributed by atoms with Gasteiger partial charge in [0.2, 0.25) is 0 Å². The molecule has 2 aromatic rings. The molecule has 0 bridgehead atoms. The molecule has 4 rings (SSSR count). The molecule has 7 nitrogen and oxygen atoms in total. The Morgan fingerprint density at radius 3 is 2.55 bits per heavy atom. The van der Waals surface area contributed by atoms with Gasteiger partial charge in [-0.15, -0.1) is 0 Å². The third-order valence-corrected chi connectivity index (χ3v) is 6.75. The molecule has 0 radical (unpaired) electrons. The first-order valence-electron chi connectivity index (χ1n) is 9.47. The molecule has 2 aromatic carbocycles. The summed E-state index contributed by atoms with van der Waals surface area (Å²) in [5.41, 5.74) is 1.51. The summed E-state index contributed by atoms with van der Waals surface area (Å²) in [6.45, 7) is 2.18. The van der Waals surface area contributed by atoms with E-state index in [9.17, 15) is 18.3 Å². The summed E-state index contributed by atoms with van der Waals surface area (Å²) in [5.74, 6) is -0.106. The summed E-state index contributed by atoms with van der Waals surface area (Å²) >= 11 is 0. The number of aryl methyl sites for hydroxylation is 1. The Hall–Kier alpha value is -2.10. The van der Waals surface area contributed by atoms with E-state index < -0.39 is 34.5 Å². The molecule has 2 heterocycles. The van der Waals surface area contributed by atoms with E-state index in [0.717, 1.165) is 5.56 Å².